The molecule has 0 amide bonds. The first-order valence-electron chi connectivity index (χ1n) is 9.42. The van der Waals surface area contributed by atoms with E-state index in [1.807, 2.05) is 35.2 Å². The summed E-state index contributed by atoms with van der Waals surface area (Å²) in [5, 5.41) is 7.60. The minimum atomic E-state index is -3.61. The Morgan fingerprint density at radius 3 is 2.57 bits per heavy atom. The minimum absolute atomic E-state index is 0.0542. The molecule has 8 heteroatoms. The van der Waals surface area contributed by atoms with Gasteiger partial charge >= 0.3 is 0 Å². The number of allylic oxidation sites excluding steroid dienone is 2. The Balaban J connectivity index is 1.77. The van der Waals surface area contributed by atoms with Crippen molar-refractivity contribution in [2.24, 2.45) is 11.7 Å². The van der Waals surface area contributed by atoms with E-state index in [4.69, 9.17) is 11.1 Å². The molecular weight excluding hydrogens is 376 g/mol. The van der Waals surface area contributed by atoms with Gasteiger partial charge in [0.1, 0.15) is 5.84 Å². The number of nitrogens with zero attached hydrogens (tertiary/aromatic N) is 1. The van der Waals surface area contributed by atoms with Crippen LogP contribution in [0.1, 0.15) is 18.4 Å². The maximum atomic E-state index is 12.8. The number of hydrogen-bond donors (Lipinski definition) is 3. The lowest BCUT2D eigenvalue weighted by Gasteiger charge is -2.33. The first kappa shape index (κ1) is 20.4. The molecule has 0 aromatic heterocycles. The number of rotatable bonds is 8. The average Bonchev–Trinajstić information content (AvgIpc) is 3.20. The fourth-order valence-corrected chi connectivity index (χ4v) is 4.91. The van der Waals surface area contributed by atoms with Crippen molar-refractivity contribution in [2.45, 2.75) is 25.4 Å². The lowest BCUT2D eigenvalue weighted by atomic mass is 9.89. The monoisotopic (exact) mass is 402 g/mol. The molecule has 2 atom stereocenters. The molecule has 0 radical (unpaired) electrons. The number of aryl methyl sites for hydroxylation is 1. The Kier molecular flexibility index (Phi) is 6.43. The molecule has 0 bridgehead atoms. The van der Waals surface area contributed by atoms with Crippen LogP contribution in [0, 0.1) is 11.3 Å². The van der Waals surface area contributed by atoms with Crippen molar-refractivity contribution in [1.29, 1.82) is 5.41 Å². The van der Waals surface area contributed by atoms with Crippen LogP contribution in [0.4, 0.5) is 0 Å². The number of benzene rings is 1. The van der Waals surface area contributed by atoms with Gasteiger partial charge in [0, 0.05) is 0 Å². The molecule has 2 aliphatic rings. The number of sulfonamides is 1. The quantitative estimate of drug-likeness (QED) is 0.446. The van der Waals surface area contributed by atoms with Gasteiger partial charge in [-0.15, -0.1) is 0 Å². The second-order valence-electron chi connectivity index (χ2n) is 7.13. The number of likely N-dealkylation sites (tertiary alicyclic amines) is 1. The SMILES string of the molecule is N=C(N)C1=CC=C[C@@H](C(NS(=O)(=O)CCc2ccccc2)N2CCCC2)C1=O. The highest BCUT2D eigenvalue weighted by Gasteiger charge is 2.37. The van der Waals surface area contributed by atoms with Crippen molar-refractivity contribution in [3.8, 4) is 0 Å². The Hall–Kier alpha value is -2.29. The summed E-state index contributed by atoms with van der Waals surface area (Å²) >= 11 is 0. The van der Waals surface area contributed by atoms with Crippen LogP contribution in [0.3, 0.4) is 0 Å². The van der Waals surface area contributed by atoms with E-state index in [0.717, 1.165) is 31.5 Å². The van der Waals surface area contributed by atoms with Gasteiger partial charge in [0.25, 0.3) is 0 Å². The van der Waals surface area contributed by atoms with Gasteiger partial charge in [0.2, 0.25) is 10.0 Å². The zero-order valence-corrected chi connectivity index (χ0v) is 16.5. The molecule has 1 heterocycles. The Morgan fingerprint density at radius 2 is 1.93 bits per heavy atom. The first-order chi connectivity index (χ1) is 13.4. The van der Waals surface area contributed by atoms with Gasteiger partial charge in [-0.3, -0.25) is 15.1 Å². The van der Waals surface area contributed by atoms with Crippen molar-refractivity contribution in [1.82, 2.24) is 9.62 Å². The topological polar surface area (TPSA) is 116 Å². The van der Waals surface area contributed by atoms with Crippen molar-refractivity contribution in [3.05, 3.63) is 59.7 Å². The molecule has 1 aromatic carbocycles. The molecular formula is C20H26N4O3S. The predicted molar refractivity (Wildman–Crippen MR) is 109 cm³/mol. The van der Waals surface area contributed by atoms with Gasteiger partial charge in [0.15, 0.2) is 5.78 Å². The molecule has 7 nitrogen and oxygen atoms in total. The Morgan fingerprint density at radius 1 is 1.25 bits per heavy atom. The van der Waals surface area contributed by atoms with Crippen LogP contribution in [0.15, 0.2) is 54.1 Å². The Bertz CT molecular complexity index is 887. The van der Waals surface area contributed by atoms with Crippen LogP contribution in [0.5, 0.6) is 0 Å². The molecule has 4 N–H and O–H groups in total. The number of carbonyl (C=O) groups is 1. The van der Waals surface area contributed by atoms with Crippen molar-refractivity contribution < 1.29 is 13.2 Å². The van der Waals surface area contributed by atoms with Gasteiger partial charge in [-0.25, -0.2) is 8.42 Å². The molecule has 3 rings (SSSR count). The zero-order chi connectivity index (χ0) is 20.1. The van der Waals surface area contributed by atoms with Crippen molar-refractivity contribution >= 4 is 21.6 Å². The number of Topliss-reactive ketones (excluding diaryl/α,β-unsaturated/α-hetero) is 1. The number of hydrogen-bond acceptors (Lipinski definition) is 5. The van der Waals surface area contributed by atoms with E-state index in [1.54, 1.807) is 12.2 Å². The second-order valence-corrected chi connectivity index (χ2v) is 9.00. The van der Waals surface area contributed by atoms with Crippen LogP contribution in [-0.2, 0) is 21.2 Å². The largest absolute Gasteiger partial charge is 0.384 e. The van der Waals surface area contributed by atoms with Gasteiger partial charge in [-0.2, -0.15) is 4.72 Å². The summed E-state index contributed by atoms with van der Waals surface area (Å²) in [5.74, 6) is -1.38. The smallest absolute Gasteiger partial charge is 0.213 e. The standard InChI is InChI=1S/C20H26N4O3S/c21-19(22)16-9-6-10-17(18(16)25)20(24-12-4-5-13-24)23-28(26,27)14-11-15-7-2-1-3-8-15/h1-3,6-10,17,20,23H,4-5,11-14H2,(H3,21,22)/t17-,20?/m1/s1. The summed E-state index contributed by atoms with van der Waals surface area (Å²) in [7, 11) is -3.61. The third-order valence-electron chi connectivity index (χ3n) is 5.12. The van der Waals surface area contributed by atoms with E-state index in [0.29, 0.717) is 6.42 Å². The van der Waals surface area contributed by atoms with E-state index in [1.165, 1.54) is 6.08 Å². The maximum absolute atomic E-state index is 12.8. The van der Waals surface area contributed by atoms with Gasteiger partial charge in [-0.1, -0.05) is 42.5 Å². The second kappa shape index (κ2) is 8.81. The molecule has 28 heavy (non-hydrogen) atoms. The summed E-state index contributed by atoms with van der Waals surface area (Å²) in [5.41, 5.74) is 6.59. The molecule has 1 unspecified atom stereocenters. The minimum Gasteiger partial charge on any atom is -0.384 e. The summed E-state index contributed by atoms with van der Waals surface area (Å²) in [6.45, 7) is 1.45. The first-order valence-corrected chi connectivity index (χ1v) is 11.1. The normalized spacial score (nSPS) is 21.5. The average molecular weight is 403 g/mol. The van der Waals surface area contributed by atoms with Crippen molar-refractivity contribution in [3.63, 3.8) is 0 Å². The fourth-order valence-electron chi connectivity index (χ4n) is 3.63. The molecule has 1 saturated heterocycles. The summed E-state index contributed by atoms with van der Waals surface area (Å²) in [4.78, 5) is 14.8. The van der Waals surface area contributed by atoms with Crippen LogP contribution >= 0.6 is 0 Å². The van der Waals surface area contributed by atoms with E-state index in [2.05, 4.69) is 4.72 Å². The van der Waals surface area contributed by atoms with E-state index >= 15 is 0 Å². The molecule has 0 saturated carbocycles. The lowest BCUT2D eigenvalue weighted by Crippen LogP contribution is -2.54. The highest BCUT2D eigenvalue weighted by atomic mass is 32.2. The van der Waals surface area contributed by atoms with E-state index < -0.39 is 22.1 Å². The predicted octanol–water partition coefficient (Wildman–Crippen LogP) is 1.19. The molecule has 150 valence electrons. The summed E-state index contributed by atoms with van der Waals surface area (Å²) in [6.07, 6.45) is 6.52. The van der Waals surface area contributed by atoms with E-state index in [9.17, 15) is 13.2 Å². The number of carbonyl (C=O) groups excluding carboxylic acids is 1. The lowest BCUT2D eigenvalue weighted by molar-refractivity contribution is -0.119. The van der Waals surface area contributed by atoms with Crippen LogP contribution in [-0.4, -0.2) is 49.9 Å². The third-order valence-corrected chi connectivity index (χ3v) is 6.46. The van der Waals surface area contributed by atoms with Crippen LogP contribution in [0.25, 0.3) is 0 Å². The highest BCUT2D eigenvalue weighted by Crippen LogP contribution is 2.24. The molecule has 1 fully saturated rings. The maximum Gasteiger partial charge on any atom is 0.213 e. The van der Waals surface area contributed by atoms with Gasteiger partial charge in [-0.05, 0) is 44.0 Å². The van der Waals surface area contributed by atoms with Crippen LogP contribution in [0.2, 0.25) is 0 Å². The van der Waals surface area contributed by atoms with Crippen LogP contribution < -0.4 is 10.5 Å². The number of nitrogens with two attached hydrogens (primary N) is 1. The number of ketones is 1. The highest BCUT2D eigenvalue weighted by molar-refractivity contribution is 7.89. The Labute approximate surface area is 165 Å². The fraction of sp³-hybridized carbons (Fsp3) is 0.400. The number of amidine groups is 1. The molecule has 1 aliphatic carbocycles. The third kappa shape index (κ3) is 4.95. The number of nitrogens with one attached hydrogen (secondary N) is 2. The van der Waals surface area contributed by atoms with Crippen molar-refractivity contribution in [2.75, 3.05) is 18.8 Å². The van der Waals surface area contributed by atoms with Gasteiger partial charge in [0.05, 0.1) is 23.4 Å². The summed E-state index contributed by atoms with van der Waals surface area (Å²) < 4.78 is 28.3. The van der Waals surface area contributed by atoms with Gasteiger partial charge < -0.3 is 5.73 Å². The van der Waals surface area contributed by atoms with E-state index in [-0.39, 0.29) is 22.9 Å². The molecule has 0 spiro atoms. The molecule has 1 aliphatic heterocycles. The zero-order valence-electron chi connectivity index (χ0n) is 15.7. The summed E-state index contributed by atoms with van der Waals surface area (Å²) in [6, 6.07) is 9.43. The molecule has 1 aromatic rings.